The number of carbonyl (C=O) groups is 3. The van der Waals surface area contributed by atoms with Gasteiger partial charge in [0.25, 0.3) is 0 Å². The minimum Gasteiger partial charge on any atom is -0.462 e. The van der Waals surface area contributed by atoms with E-state index in [2.05, 4.69) is 81.5 Å². The highest BCUT2D eigenvalue weighted by atomic mass is 16.6. The number of esters is 3. The lowest BCUT2D eigenvalue weighted by molar-refractivity contribution is -0.167. The molecule has 0 saturated heterocycles. The van der Waals surface area contributed by atoms with Gasteiger partial charge in [0, 0.05) is 19.3 Å². The van der Waals surface area contributed by atoms with Gasteiger partial charge in [-0.25, -0.2) is 0 Å². The van der Waals surface area contributed by atoms with E-state index >= 15 is 0 Å². The fourth-order valence-electron chi connectivity index (χ4n) is 6.89. The molecule has 0 aromatic heterocycles. The van der Waals surface area contributed by atoms with Gasteiger partial charge in [-0.2, -0.15) is 0 Å². The SMILES string of the molecule is CCCCC/C=C\C/C=C\C/C=C\CCCCC(=O)OC[C@H](COC(=O)CCCCCCCCCCCCCC)OC(=O)CCCCCCC/C=C\C/C=C\CCCCC. The first-order valence-electron chi connectivity index (χ1n) is 25.3. The smallest absolute Gasteiger partial charge is 0.306 e. The van der Waals surface area contributed by atoms with Gasteiger partial charge in [-0.15, -0.1) is 0 Å². The van der Waals surface area contributed by atoms with Crippen LogP contribution in [0.1, 0.15) is 245 Å². The van der Waals surface area contributed by atoms with Crippen LogP contribution in [0.5, 0.6) is 0 Å². The maximum atomic E-state index is 12.8. The molecule has 0 aromatic carbocycles. The van der Waals surface area contributed by atoms with Gasteiger partial charge in [0.05, 0.1) is 0 Å². The maximum Gasteiger partial charge on any atom is 0.306 e. The third-order valence-electron chi connectivity index (χ3n) is 10.7. The summed E-state index contributed by atoms with van der Waals surface area (Å²) in [7, 11) is 0. The molecule has 6 heteroatoms. The molecule has 0 N–H and O–H groups in total. The lowest BCUT2D eigenvalue weighted by Crippen LogP contribution is -2.30. The Morgan fingerprint density at radius 3 is 1.00 bits per heavy atom. The number of hydrogen-bond donors (Lipinski definition) is 0. The normalized spacial score (nSPS) is 12.5. The molecule has 0 amide bonds. The molecule has 0 aliphatic rings. The highest BCUT2D eigenvalue weighted by Crippen LogP contribution is 2.14. The van der Waals surface area contributed by atoms with Crippen LogP contribution in [-0.2, 0) is 28.6 Å². The van der Waals surface area contributed by atoms with Crippen molar-refractivity contribution in [3.63, 3.8) is 0 Å². The van der Waals surface area contributed by atoms with Gasteiger partial charge in [0.2, 0.25) is 0 Å². The molecule has 0 fully saturated rings. The maximum absolute atomic E-state index is 12.8. The molecule has 0 aromatic rings. The summed E-state index contributed by atoms with van der Waals surface area (Å²) in [6.45, 7) is 6.54. The quantitative estimate of drug-likeness (QED) is 0.0263. The van der Waals surface area contributed by atoms with E-state index in [9.17, 15) is 14.4 Å². The fourth-order valence-corrected chi connectivity index (χ4v) is 6.89. The van der Waals surface area contributed by atoms with E-state index in [0.717, 1.165) is 96.3 Å². The second-order valence-corrected chi connectivity index (χ2v) is 16.7. The van der Waals surface area contributed by atoms with Gasteiger partial charge in [-0.1, -0.05) is 197 Å². The first kappa shape index (κ1) is 57.1. The minimum absolute atomic E-state index is 0.0905. The Balaban J connectivity index is 4.46. The third kappa shape index (κ3) is 46.2. The Morgan fingerprint density at radius 1 is 0.333 bits per heavy atom. The van der Waals surface area contributed by atoms with Crippen LogP contribution in [0.4, 0.5) is 0 Å². The highest BCUT2D eigenvalue weighted by Gasteiger charge is 2.19. The first-order chi connectivity index (χ1) is 29.5. The Hall–Kier alpha value is -2.89. The predicted octanol–water partition coefficient (Wildman–Crippen LogP) is 16.5. The van der Waals surface area contributed by atoms with Crippen molar-refractivity contribution in [1.82, 2.24) is 0 Å². The number of unbranched alkanes of at least 4 members (excludes halogenated alkanes) is 24. The number of ether oxygens (including phenoxy) is 3. The zero-order valence-corrected chi connectivity index (χ0v) is 39.5. The molecule has 346 valence electrons. The summed E-state index contributed by atoms with van der Waals surface area (Å²) in [5, 5.41) is 0. The lowest BCUT2D eigenvalue weighted by Gasteiger charge is -2.18. The lowest BCUT2D eigenvalue weighted by atomic mass is 10.0. The van der Waals surface area contributed by atoms with E-state index in [-0.39, 0.29) is 31.1 Å². The fraction of sp³-hybridized carbons (Fsp3) is 0.759. The van der Waals surface area contributed by atoms with Crippen LogP contribution in [0.25, 0.3) is 0 Å². The third-order valence-corrected chi connectivity index (χ3v) is 10.7. The molecule has 0 unspecified atom stereocenters. The first-order valence-corrected chi connectivity index (χ1v) is 25.3. The Morgan fingerprint density at radius 2 is 0.600 bits per heavy atom. The summed E-state index contributed by atoms with van der Waals surface area (Å²) in [5.74, 6) is -0.942. The second-order valence-electron chi connectivity index (χ2n) is 16.7. The van der Waals surface area contributed by atoms with Gasteiger partial charge >= 0.3 is 17.9 Å². The van der Waals surface area contributed by atoms with Gasteiger partial charge < -0.3 is 14.2 Å². The molecular weight excluding hydrogens is 745 g/mol. The van der Waals surface area contributed by atoms with Crippen LogP contribution < -0.4 is 0 Å². The van der Waals surface area contributed by atoms with Crippen LogP contribution in [0.15, 0.2) is 60.8 Å². The Bertz CT molecular complexity index is 1100. The van der Waals surface area contributed by atoms with E-state index in [1.54, 1.807) is 0 Å². The minimum atomic E-state index is -0.794. The molecule has 0 bridgehead atoms. The predicted molar refractivity (Wildman–Crippen MR) is 256 cm³/mol. The molecule has 1 atom stereocenters. The van der Waals surface area contributed by atoms with Crippen LogP contribution >= 0.6 is 0 Å². The van der Waals surface area contributed by atoms with Crippen LogP contribution in [0, 0.1) is 0 Å². The monoisotopic (exact) mass is 839 g/mol. The van der Waals surface area contributed by atoms with Gasteiger partial charge in [0.15, 0.2) is 6.10 Å². The Kier molecular flexibility index (Phi) is 46.4. The average Bonchev–Trinajstić information content (AvgIpc) is 3.24. The van der Waals surface area contributed by atoms with E-state index in [1.807, 2.05) is 0 Å². The summed E-state index contributed by atoms with van der Waals surface area (Å²) in [5.41, 5.74) is 0. The largest absolute Gasteiger partial charge is 0.462 e. The van der Waals surface area contributed by atoms with E-state index in [0.29, 0.717) is 19.3 Å². The summed E-state index contributed by atoms with van der Waals surface area (Å²) in [6.07, 6.45) is 59.1. The molecular formula is C54H94O6. The van der Waals surface area contributed by atoms with Crippen molar-refractivity contribution >= 4 is 17.9 Å². The standard InChI is InChI=1S/C54H94O6/c1-4-7-10-13-16-19-22-25-27-29-32-35-38-41-44-47-53(56)59-50-51(49-58-52(55)46-43-40-37-34-31-24-21-18-15-12-9-6-3)60-54(57)48-45-42-39-36-33-30-28-26-23-20-17-14-11-8-5-2/h16-17,19-20,25-28,32,35,51H,4-15,18,21-24,29-31,33-34,36-50H2,1-3H3/b19-16-,20-17-,27-25-,28-26-,35-32-/t51-/m0/s1. The average molecular weight is 839 g/mol. The molecule has 0 aliphatic heterocycles. The van der Waals surface area contributed by atoms with Gasteiger partial charge in [-0.3, -0.25) is 14.4 Å². The molecule has 0 saturated carbocycles. The molecule has 0 heterocycles. The van der Waals surface area contributed by atoms with Crippen LogP contribution in [-0.4, -0.2) is 37.2 Å². The molecule has 60 heavy (non-hydrogen) atoms. The molecule has 0 spiro atoms. The van der Waals surface area contributed by atoms with E-state index in [4.69, 9.17) is 14.2 Å². The van der Waals surface area contributed by atoms with Crippen molar-refractivity contribution in [2.75, 3.05) is 13.2 Å². The van der Waals surface area contributed by atoms with Crippen molar-refractivity contribution in [2.24, 2.45) is 0 Å². The summed E-state index contributed by atoms with van der Waals surface area (Å²) >= 11 is 0. The number of allylic oxidation sites excluding steroid dienone is 10. The van der Waals surface area contributed by atoms with Gasteiger partial charge in [-0.05, 0) is 89.9 Å². The number of rotatable bonds is 45. The van der Waals surface area contributed by atoms with Crippen molar-refractivity contribution < 1.29 is 28.6 Å². The zero-order chi connectivity index (χ0) is 43.7. The number of hydrogen-bond acceptors (Lipinski definition) is 6. The van der Waals surface area contributed by atoms with Crippen molar-refractivity contribution in [2.45, 2.75) is 252 Å². The highest BCUT2D eigenvalue weighted by molar-refractivity contribution is 5.71. The summed E-state index contributed by atoms with van der Waals surface area (Å²) in [4.78, 5) is 37.9. The van der Waals surface area contributed by atoms with Crippen molar-refractivity contribution in [3.05, 3.63) is 60.8 Å². The van der Waals surface area contributed by atoms with Gasteiger partial charge in [0.1, 0.15) is 13.2 Å². The van der Waals surface area contributed by atoms with Crippen molar-refractivity contribution in [3.8, 4) is 0 Å². The molecule has 0 rings (SSSR count). The molecule has 0 aliphatic carbocycles. The van der Waals surface area contributed by atoms with E-state index < -0.39 is 6.10 Å². The zero-order valence-electron chi connectivity index (χ0n) is 39.5. The van der Waals surface area contributed by atoms with Crippen LogP contribution in [0.3, 0.4) is 0 Å². The molecule has 0 radical (unpaired) electrons. The van der Waals surface area contributed by atoms with E-state index in [1.165, 1.54) is 109 Å². The summed E-state index contributed by atoms with van der Waals surface area (Å²) in [6, 6.07) is 0. The summed E-state index contributed by atoms with van der Waals surface area (Å²) < 4.78 is 16.7. The topological polar surface area (TPSA) is 78.9 Å². The second kappa shape index (κ2) is 48.8. The van der Waals surface area contributed by atoms with Crippen molar-refractivity contribution in [1.29, 1.82) is 0 Å². The Labute approximate surface area is 370 Å². The molecule has 6 nitrogen and oxygen atoms in total. The number of carbonyl (C=O) groups excluding carboxylic acids is 3. The van der Waals surface area contributed by atoms with Crippen LogP contribution in [0.2, 0.25) is 0 Å².